The van der Waals surface area contributed by atoms with E-state index in [2.05, 4.69) is 0 Å². The minimum atomic E-state index is -1.13. The van der Waals surface area contributed by atoms with E-state index >= 15 is 0 Å². The highest BCUT2D eigenvalue weighted by molar-refractivity contribution is 8.88. The molecule has 0 aromatic carbocycles. The zero-order valence-electron chi connectivity index (χ0n) is 3.06. The summed E-state index contributed by atoms with van der Waals surface area (Å²) in [7, 11) is 0. The highest BCUT2D eigenvalue weighted by atomic mass is 33.1. The van der Waals surface area contributed by atoms with E-state index in [-0.39, 0.29) is 0 Å². The van der Waals surface area contributed by atoms with Crippen molar-refractivity contribution in [1.82, 2.24) is 0 Å². The van der Waals surface area contributed by atoms with Crippen LogP contribution in [0.15, 0.2) is 0 Å². The molecule has 4 heteroatoms. The quantitative estimate of drug-likeness (QED) is 0.477. The Kier molecular flexibility index (Phi) is 2.07. The number of halogens is 1. The molecular formula is C2H4FPS2. The van der Waals surface area contributed by atoms with E-state index in [1.807, 2.05) is 0 Å². The number of hydrogen-bond acceptors (Lipinski definition) is 2. The van der Waals surface area contributed by atoms with Crippen molar-refractivity contribution in [3.05, 3.63) is 0 Å². The van der Waals surface area contributed by atoms with Crippen molar-refractivity contribution in [3.63, 3.8) is 0 Å². The molecule has 0 spiro atoms. The first-order valence-corrected chi connectivity index (χ1v) is 6.03. The van der Waals surface area contributed by atoms with Crippen molar-refractivity contribution in [1.29, 1.82) is 0 Å². The van der Waals surface area contributed by atoms with Gasteiger partial charge in [-0.3, -0.25) is 0 Å². The predicted octanol–water partition coefficient (Wildman–Crippen LogP) is 2.66. The minimum Gasteiger partial charge on any atom is -0.202 e. The first kappa shape index (κ1) is 5.20. The monoisotopic (exact) mass is 142 g/mol. The molecule has 6 heavy (non-hydrogen) atoms. The second kappa shape index (κ2) is 2.39. The van der Waals surface area contributed by atoms with E-state index in [1.54, 1.807) is 0 Å². The maximum atomic E-state index is 11.9. The fourth-order valence-corrected chi connectivity index (χ4v) is 5.65. The summed E-state index contributed by atoms with van der Waals surface area (Å²) in [4.78, 5) is 0. The molecule has 0 nitrogen and oxygen atoms in total. The van der Waals surface area contributed by atoms with Crippen LogP contribution in [-0.2, 0) is 0 Å². The minimum absolute atomic E-state index is 1.02. The summed E-state index contributed by atoms with van der Waals surface area (Å²) in [6.45, 7) is -1.13. The first-order valence-electron chi connectivity index (χ1n) is 1.61. The lowest BCUT2D eigenvalue weighted by atomic mass is 11.0. The van der Waals surface area contributed by atoms with Gasteiger partial charge in [0, 0.05) is 11.5 Å². The molecule has 0 aromatic heterocycles. The molecule has 1 aliphatic heterocycles. The molecule has 0 radical (unpaired) electrons. The second-order valence-corrected chi connectivity index (χ2v) is 6.80. The molecule has 1 fully saturated rings. The third-order valence-electron chi connectivity index (χ3n) is 0.469. The Balaban J connectivity index is 2.18. The lowest BCUT2D eigenvalue weighted by Gasteiger charge is -1.84. The zero-order chi connectivity index (χ0) is 4.41. The Hall–Kier alpha value is 1.06. The maximum Gasteiger partial charge on any atom is 0.202 e. The maximum absolute atomic E-state index is 11.9. The molecule has 0 aliphatic carbocycles. The third kappa shape index (κ3) is 1.28. The van der Waals surface area contributed by atoms with Crippen molar-refractivity contribution >= 4 is 29.4 Å². The van der Waals surface area contributed by atoms with E-state index in [4.69, 9.17) is 0 Å². The van der Waals surface area contributed by atoms with Crippen LogP contribution in [-0.4, -0.2) is 11.5 Å². The van der Waals surface area contributed by atoms with Crippen LogP contribution in [0.1, 0.15) is 0 Å². The molecule has 1 aliphatic rings. The van der Waals surface area contributed by atoms with Gasteiger partial charge in [0.1, 0.15) is 0 Å². The normalized spacial score (nSPS) is 25.5. The fourth-order valence-electron chi connectivity index (χ4n) is 0.255. The van der Waals surface area contributed by atoms with Gasteiger partial charge in [-0.05, 0) is 0 Å². The second-order valence-electron chi connectivity index (χ2n) is 0.879. The highest BCUT2D eigenvalue weighted by Gasteiger charge is 2.14. The Morgan fingerprint density at radius 2 is 1.83 bits per heavy atom. The molecule has 36 valence electrons. The lowest BCUT2D eigenvalue weighted by Crippen LogP contribution is -1.64. The van der Waals surface area contributed by atoms with Crippen molar-refractivity contribution in [2.45, 2.75) is 0 Å². The van der Waals surface area contributed by atoms with Gasteiger partial charge < -0.3 is 0 Å². The molecule has 0 saturated carbocycles. The molecule has 0 amide bonds. The average molecular weight is 142 g/mol. The van der Waals surface area contributed by atoms with Crippen LogP contribution in [0, 0.1) is 0 Å². The van der Waals surface area contributed by atoms with E-state index < -0.39 is 6.64 Å². The van der Waals surface area contributed by atoms with Crippen LogP contribution in [0.3, 0.4) is 0 Å². The summed E-state index contributed by atoms with van der Waals surface area (Å²) >= 11 is 2.92. The smallest absolute Gasteiger partial charge is 0.202 e. The lowest BCUT2D eigenvalue weighted by molar-refractivity contribution is 0.932. The van der Waals surface area contributed by atoms with Gasteiger partial charge in [0.15, 0.2) is 0 Å². The first-order chi connectivity index (χ1) is 2.89. The van der Waals surface area contributed by atoms with Crippen LogP contribution < -0.4 is 0 Å². The van der Waals surface area contributed by atoms with Crippen LogP contribution >= 0.6 is 29.4 Å². The molecular weight excluding hydrogens is 138 g/mol. The summed E-state index contributed by atoms with van der Waals surface area (Å²) in [6.07, 6.45) is 0. The molecule has 0 aromatic rings. The molecule has 1 heterocycles. The van der Waals surface area contributed by atoms with Gasteiger partial charge in [0.05, 0.1) is 0 Å². The van der Waals surface area contributed by atoms with Crippen LogP contribution in [0.4, 0.5) is 4.20 Å². The summed E-state index contributed by atoms with van der Waals surface area (Å²) in [5.74, 6) is 2.04. The van der Waals surface area contributed by atoms with Crippen molar-refractivity contribution in [3.8, 4) is 0 Å². The predicted molar refractivity (Wildman–Crippen MR) is 32.9 cm³/mol. The van der Waals surface area contributed by atoms with Crippen molar-refractivity contribution < 1.29 is 4.20 Å². The number of hydrogen-bond donors (Lipinski definition) is 0. The van der Waals surface area contributed by atoms with E-state index in [0.29, 0.717) is 0 Å². The molecule has 1 rings (SSSR count). The molecule has 0 N–H and O–H groups in total. The van der Waals surface area contributed by atoms with Crippen molar-refractivity contribution in [2.75, 3.05) is 11.5 Å². The topological polar surface area (TPSA) is 0 Å². The van der Waals surface area contributed by atoms with Crippen molar-refractivity contribution in [2.24, 2.45) is 0 Å². The van der Waals surface area contributed by atoms with E-state index in [9.17, 15) is 4.20 Å². The Bertz CT molecular complexity index is 44.8. The van der Waals surface area contributed by atoms with E-state index in [0.717, 1.165) is 11.5 Å². The number of rotatable bonds is 0. The third-order valence-corrected chi connectivity index (χ3v) is 6.12. The van der Waals surface area contributed by atoms with Crippen LogP contribution in [0.5, 0.6) is 0 Å². The molecule has 0 bridgehead atoms. The van der Waals surface area contributed by atoms with Gasteiger partial charge in [0.2, 0.25) is 6.64 Å². The summed E-state index contributed by atoms with van der Waals surface area (Å²) < 4.78 is 11.9. The van der Waals surface area contributed by atoms with Crippen LogP contribution in [0.2, 0.25) is 0 Å². The molecule has 0 atom stereocenters. The zero-order valence-corrected chi connectivity index (χ0v) is 5.58. The summed E-state index contributed by atoms with van der Waals surface area (Å²) in [5, 5.41) is 0. The van der Waals surface area contributed by atoms with Gasteiger partial charge in [-0.25, -0.2) is 4.20 Å². The van der Waals surface area contributed by atoms with Gasteiger partial charge in [-0.15, -0.1) is 0 Å². The summed E-state index contributed by atoms with van der Waals surface area (Å²) in [6, 6.07) is 0. The fraction of sp³-hybridized carbons (Fsp3) is 1.00. The standard InChI is InChI=1S/C2H4FPS2/c3-4-5-1-2-6-4/h1-2H2. The summed E-state index contributed by atoms with van der Waals surface area (Å²) in [5.41, 5.74) is 0. The van der Waals surface area contributed by atoms with Crippen LogP contribution in [0.25, 0.3) is 0 Å². The Morgan fingerprint density at radius 1 is 1.33 bits per heavy atom. The highest BCUT2D eigenvalue weighted by Crippen LogP contribution is 2.66. The molecule has 1 saturated heterocycles. The van der Waals surface area contributed by atoms with E-state index in [1.165, 1.54) is 22.8 Å². The van der Waals surface area contributed by atoms with Gasteiger partial charge in [-0.1, -0.05) is 22.8 Å². The van der Waals surface area contributed by atoms with Gasteiger partial charge >= 0.3 is 0 Å². The SMILES string of the molecule is FP1SCCS1. The van der Waals surface area contributed by atoms with Gasteiger partial charge in [0.25, 0.3) is 0 Å². The average Bonchev–Trinajstić information content (AvgIpc) is 1.86. The Labute approximate surface area is 45.6 Å². The molecule has 0 unspecified atom stereocenters. The largest absolute Gasteiger partial charge is 0.202 e. The Morgan fingerprint density at radius 3 is 2.00 bits per heavy atom. The van der Waals surface area contributed by atoms with Gasteiger partial charge in [-0.2, -0.15) is 0 Å².